The zero-order valence-electron chi connectivity index (χ0n) is 11.0. The molecule has 0 bridgehead atoms. The molecule has 1 rings (SSSR count). The molecule has 1 aromatic rings. The molecular weight excluding hydrogens is 268 g/mol. The van der Waals surface area contributed by atoms with Crippen molar-refractivity contribution in [2.75, 3.05) is 13.7 Å². The van der Waals surface area contributed by atoms with Gasteiger partial charge in [0.1, 0.15) is 6.04 Å². The molecule has 6 heteroatoms. The highest BCUT2D eigenvalue weighted by atomic mass is 35.5. The molecule has 1 amide bonds. The van der Waals surface area contributed by atoms with E-state index in [2.05, 4.69) is 10.1 Å². The van der Waals surface area contributed by atoms with E-state index in [1.54, 1.807) is 0 Å². The van der Waals surface area contributed by atoms with Gasteiger partial charge in [-0.05, 0) is 12.5 Å². The minimum absolute atomic E-state index is 0. The first-order valence-electron chi connectivity index (χ1n) is 5.71. The molecule has 0 heterocycles. The third-order valence-corrected chi connectivity index (χ3v) is 2.57. The van der Waals surface area contributed by atoms with Crippen LogP contribution < -0.4 is 11.1 Å². The van der Waals surface area contributed by atoms with Gasteiger partial charge in [0, 0.05) is 6.54 Å². The molecule has 0 spiro atoms. The minimum atomic E-state index is -0.719. The summed E-state index contributed by atoms with van der Waals surface area (Å²) in [6.45, 7) is 2.19. The Bertz CT molecular complexity index is 420. The van der Waals surface area contributed by atoms with Crippen LogP contribution >= 0.6 is 12.4 Å². The van der Waals surface area contributed by atoms with Crippen LogP contribution in [-0.4, -0.2) is 25.5 Å². The summed E-state index contributed by atoms with van der Waals surface area (Å²) in [7, 11) is 1.31. The quantitative estimate of drug-likeness (QED) is 0.794. The number of rotatable bonds is 5. The van der Waals surface area contributed by atoms with Gasteiger partial charge >= 0.3 is 5.97 Å². The van der Waals surface area contributed by atoms with Gasteiger partial charge < -0.3 is 15.8 Å². The van der Waals surface area contributed by atoms with Gasteiger partial charge in [-0.3, -0.25) is 9.59 Å². The van der Waals surface area contributed by atoms with E-state index in [-0.39, 0.29) is 37.2 Å². The standard InChI is InChI=1S/C13H18N2O3.ClH/c1-9-3-5-10(6-4-9)12(14)13(17)15-8-7-11(16)18-2;/h3-6,12H,7-8,14H2,1-2H3,(H,15,17);1H. The SMILES string of the molecule is COC(=O)CCNC(=O)C(N)c1ccc(C)cc1.Cl. The van der Waals surface area contributed by atoms with Crippen molar-refractivity contribution < 1.29 is 14.3 Å². The zero-order chi connectivity index (χ0) is 13.5. The van der Waals surface area contributed by atoms with Crippen LogP contribution in [0.5, 0.6) is 0 Å². The smallest absolute Gasteiger partial charge is 0.307 e. The van der Waals surface area contributed by atoms with Gasteiger partial charge in [0.15, 0.2) is 0 Å². The first kappa shape index (κ1) is 17.4. The van der Waals surface area contributed by atoms with Gasteiger partial charge in [0.25, 0.3) is 0 Å². The average molecular weight is 287 g/mol. The Kier molecular flexibility index (Phi) is 7.79. The number of nitrogens with one attached hydrogen (secondary N) is 1. The molecule has 0 radical (unpaired) electrons. The lowest BCUT2D eigenvalue weighted by Gasteiger charge is -2.12. The second-order valence-electron chi connectivity index (χ2n) is 4.01. The molecule has 0 aliphatic carbocycles. The first-order chi connectivity index (χ1) is 8.54. The number of hydrogen-bond acceptors (Lipinski definition) is 4. The normalized spacial score (nSPS) is 11.1. The fourth-order valence-corrected chi connectivity index (χ4v) is 1.42. The van der Waals surface area contributed by atoms with Crippen LogP contribution in [0.1, 0.15) is 23.6 Å². The van der Waals surface area contributed by atoms with Gasteiger partial charge in [0.2, 0.25) is 5.91 Å². The lowest BCUT2D eigenvalue weighted by Crippen LogP contribution is -2.35. The van der Waals surface area contributed by atoms with Crippen LogP contribution in [0.15, 0.2) is 24.3 Å². The number of benzene rings is 1. The number of nitrogens with two attached hydrogens (primary N) is 1. The third kappa shape index (κ3) is 5.72. The van der Waals surface area contributed by atoms with Crippen molar-refractivity contribution in [1.29, 1.82) is 0 Å². The van der Waals surface area contributed by atoms with Gasteiger partial charge in [-0.25, -0.2) is 0 Å². The lowest BCUT2D eigenvalue weighted by atomic mass is 10.1. The maximum atomic E-state index is 11.7. The fourth-order valence-electron chi connectivity index (χ4n) is 1.42. The molecule has 0 aliphatic rings. The zero-order valence-corrected chi connectivity index (χ0v) is 11.8. The highest BCUT2D eigenvalue weighted by molar-refractivity contribution is 5.85. The van der Waals surface area contributed by atoms with Crippen molar-refractivity contribution in [2.45, 2.75) is 19.4 Å². The summed E-state index contributed by atoms with van der Waals surface area (Å²) in [5.41, 5.74) is 7.66. The van der Waals surface area contributed by atoms with Crippen LogP contribution in [0.2, 0.25) is 0 Å². The van der Waals surface area contributed by atoms with Crippen molar-refractivity contribution in [1.82, 2.24) is 5.32 Å². The highest BCUT2D eigenvalue weighted by Crippen LogP contribution is 2.11. The van der Waals surface area contributed by atoms with Gasteiger partial charge in [-0.15, -0.1) is 12.4 Å². The Hall–Kier alpha value is -1.59. The molecule has 0 aromatic heterocycles. The maximum absolute atomic E-state index is 11.7. The van der Waals surface area contributed by atoms with E-state index in [0.717, 1.165) is 11.1 Å². The Morgan fingerprint density at radius 3 is 2.42 bits per heavy atom. The molecule has 0 saturated heterocycles. The van der Waals surface area contributed by atoms with Crippen LogP contribution in [0.4, 0.5) is 0 Å². The highest BCUT2D eigenvalue weighted by Gasteiger charge is 2.15. The second kappa shape index (κ2) is 8.50. The summed E-state index contributed by atoms with van der Waals surface area (Å²) in [5, 5.41) is 2.60. The molecule has 1 aromatic carbocycles. The Balaban J connectivity index is 0.00000324. The number of hydrogen-bond donors (Lipinski definition) is 2. The third-order valence-electron chi connectivity index (χ3n) is 2.57. The van der Waals surface area contributed by atoms with Gasteiger partial charge in [0.05, 0.1) is 13.5 Å². The minimum Gasteiger partial charge on any atom is -0.469 e. The summed E-state index contributed by atoms with van der Waals surface area (Å²) < 4.78 is 4.47. The molecular formula is C13H19ClN2O3. The number of aryl methyl sites for hydroxylation is 1. The summed E-state index contributed by atoms with van der Waals surface area (Å²) in [4.78, 5) is 22.6. The first-order valence-corrected chi connectivity index (χ1v) is 5.71. The van der Waals surface area contributed by atoms with Crippen molar-refractivity contribution in [2.24, 2.45) is 5.73 Å². The topological polar surface area (TPSA) is 81.4 Å². The van der Waals surface area contributed by atoms with E-state index < -0.39 is 6.04 Å². The fraction of sp³-hybridized carbons (Fsp3) is 0.385. The number of carbonyl (C=O) groups is 2. The van der Waals surface area contributed by atoms with Crippen LogP contribution in [0, 0.1) is 6.92 Å². The van der Waals surface area contributed by atoms with E-state index >= 15 is 0 Å². The van der Waals surface area contributed by atoms with E-state index in [1.807, 2.05) is 31.2 Å². The molecule has 1 unspecified atom stereocenters. The molecule has 0 saturated carbocycles. The van der Waals surface area contributed by atoms with Gasteiger partial charge in [-0.1, -0.05) is 29.8 Å². The molecule has 19 heavy (non-hydrogen) atoms. The van der Waals surface area contributed by atoms with E-state index in [4.69, 9.17) is 5.73 Å². The number of halogens is 1. The Labute approximate surface area is 118 Å². The number of amides is 1. The molecule has 1 atom stereocenters. The van der Waals surface area contributed by atoms with Crippen molar-refractivity contribution in [3.8, 4) is 0 Å². The van der Waals surface area contributed by atoms with Crippen LogP contribution in [0.3, 0.4) is 0 Å². The summed E-state index contributed by atoms with van der Waals surface area (Å²) in [5.74, 6) is -0.665. The van der Waals surface area contributed by atoms with E-state index in [9.17, 15) is 9.59 Å². The predicted molar refractivity (Wildman–Crippen MR) is 75.0 cm³/mol. The number of methoxy groups -OCH3 is 1. The van der Waals surface area contributed by atoms with Crippen molar-refractivity contribution >= 4 is 24.3 Å². The molecule has 3 N–H and O–H groups in total. The number of ether oxygens (including phenoxy) is 1. The summed E-state index contributed by atoms with van der Waals surface area (Å²) in [6, 6.07) is 6.72. The molecule has 5 nitrogen and oxygen atoms in total. The molecule has 0 fully saturated rings. The maximum Gasteiger partial charge on any atom is 0.307 e. The van der Waals surface area contributed by atoms with Crippen LogP contribution in [-0.2, 0) is 14.3 Å². The van der Waals surface area contributed by atoms with Gasteiger partial charge in [-0.2, -0.15) is 0 Å². The summed E-state index contributed by atoms with van der Waals surface area (Å²) >= 11 is 0. The number of carbonyl (C=O) groups excluding carboxylic acids is 2. The monoisotopic (exact) mass is 286 g/mol. The molecule has 106 valence electrons. The predicted octanol–water partition coefficient (Wildman–Crippen LogP) is 1.10. The lowest BCUT2D eigenvalue weighted by molar-refractivity contribution is -0.140. The van der Waals surface area contributed by atoms with Crippen molar-refractivity contribution in [3.05, 3.63) is 35.4 Å². The van der Waals surface area contributed by atoms with E-state index in [0.29, 0.717) is 0 Å². The average Bonchev–Trinajstić information content (AvgIpc) is 2.38. The van der Waals surface area contributed by atoms with E-state index in [1.165, 1.54) is 7.11 Å². The molecule has 0 aliphatic heterocycles. The summed E-state index contributed by atoms with van der Waals surface area (Å²) in [6.07, 6.45) is 0.142. The Morgan fingerprint density at radius 1 is 1.32 bits per heavy atom. The van der Waals surface area contributed by atoms with Crippen LogP contribution in [0.25, 0.3) is 0 Å². The Morgan fingerprint density at radius 2 is 1.89 bits per heavy atom. The second-order valence-corrected chi connectivity index (χ2v) is 4.01. The van der Waals surface area contributed by atoms with Crippen molar-refractivity contribution in [3.63, 3.8) is 0 Å². The number of esters is 1. The largest absolute Gasteiger partial charge is 0.469 e.